The van der Waals surface area contributed by atoms with E-state index in [1.54, 1.807) is 7.11 Å². The maximum absolute atomic E-state index is 11.7. The molecule has 0 unspecified atom stereocenters. The molecule has 0 saturated heterocycles. The standard InChI is InChI=1S/C12H25NO3/c1-5-12(2,3)11(14)13-7-6-8-16-10-9-15-4/h5-10H2,1-4H3,(H,13,14). The van der Waals surface area contributed by atoms with Crippen molar-refractivity contribution in [3.63, 3.8) is 0 Å². The molecule has 0 aliphatic rings. The largest absolute Gasteiger partial charge is 0.382 e. The number of hydrogen-bond donors (Lipinski definition) is 1. The highest BCUT2D eigenvalue weighted by Crippen LogP contribution is 2.19. The van der Waals surface area contributed by atoms with E-state index in [9.17, 15) is 4.79 Å². The van der Waals surface area contributed by atoms with Gasteiger partial charge in [-0.3, -0.25) is 4.79 Å². The molecule has 0 radical (unpaired) electrons. The van der Waals surface area contributed by atoms with E-state index in [0.717, 1.165) is 12.8 Å². The molecule has 0 atom stereocenters. The van der Waals surface area contributed by atoms with Gasteiger partial charge in [-0.15, -0.1) is 0 Å². The van der Waals surface area contributed by atoms with Gasteiger partial charge in [-0.25, -0.2) is 0 Å². The minimum Gasteiger partial charge on any atom is -0.382 e. The Labute approximate surface area is 98.7 Å². The lowest BCUT2D eigenvalue weighted by atomic mass is 9.89. The van der Waals surface area contributed by atoms with Crippen LogP contribution >= 0.6 is 0 Å². The number of rotatable bonds is 9. The molecule has 0 aliphatic heterocycles. The summed E-state index contributed by atoms with van der Waals surface area (Å²) in [6.45, 7) is 8.51. The summed E-state index contributed by atoms with van der Waals surface area (Å²) < 4.78 is 10.1. The van der Waals surface area contributed by atoms with Crippen molar-refractivity contribution in [2.75, 3.05) is 33.5 Å². The highest BCUT2D eigenvalue weighted by molar-refractivity contribution is 5.81. The third-order valence-corrected chi connectivity index (χ3v) is 2.68. The average Bonchev–Trinajstić information content (AvgIpc) is 2.27. The fourth-order valence-corrected chi connectivity index (χ4v) is 1.02. The van der Waals surface area contributed by atoms with Crippen molar-refractivity contribution in [1.82, 2.24) is 5.32 Å². The molecule has 0 aliphatic carbocycles. The topological polar surface area (TPSA) is 47.6 Å². The quantitative estimate of drug-likeness (QED) is 0.613. The Balaban J connectivity index is 3.42. The first-order valence-corrected chi connectivity index (χ1v) is 5.89. The van der Waals surface area contributed by atoms with E-state index in [-0.39, 0.29) is 11.3 Å². The van der Waals surface area contributed by atoms with Gasteiger partial charge in [0.15, 0.2) is 0 Å². The van der Waals surface area contributed by atoms with Crippen LogP contribution in [-0.4, -0.2) is 39.4 Å². The SMILES string of the molecule is CCC(C)(C)C(=O)NCCCOCCOC. The lowest BCUT2D eigenvalue weighted by Crippen LogP contribution is -2.37. The number of ether oxygens (including phenoxy) is 2. The molecule has 4 nitrogen and oxygen atoms in total. The summed E-state index contributed by atoms with van der Waals surface area (Å²) in [5, 5.41) is 2.91. The Bertz CT molecular complexity index is 193. The van der Waals surface area contributed by atoms with Crippen LogP contribution in [0, 0.1) is 5.41 Å². The summed E-state index contributed by atoms with van der Waals surface area (Å²) in [7, 11) is 1.65. The molecule has 0 bridgehead atoms. The lowest BCUT2D eigenvalue weighted by molar-refractivity contribution is -0.129. The Morgan fingerprint density at radius 1 is 1.25 bits per heavy atom. The van der Waals surface area contributed by atoms with Crippen molar-refractivity contribution in [3.05, 3.63) is 0 Å². The molecular formula is C12H25NO3. The number of carbonyl (C=O) groups is 1. The molecule has 0 aromatic carbocycles. The van der Waals surface area contributed by atoms with Gasteiger partial charge in [0, 0.05) is 25.7 Å². The maximum atomic E-state index is 11.7. The molecule has 0 aromatic rings. The monoisotopic (exact) mass is 231 g/mol. The molecule has 4 heteroatoms. The van der Waals surface area contributed by atoms with Crippen LogP contribution in [0.4, 0.5) is 0 Å². The Kier molecular flexibility index (Phi) is 8.21. The van der Waals surface area contributed by atoms with Gasteiger partial charge in [0.25, 0.3) is 0 Å². The van der Waals surface area contributed by atoms with Gasteiger partial charge >= 0.3 is 0 Å². The van der Waals surface area contributed by atoms with Gasteiger partial charge in [-0.1, -0.05) is 20.8 Å². The van der Waals surface area contributed by atoms with E-state index in [4.69, 9.17) is 9.47 Å². The Morgan fingerprint density at radius 3 is 2.50 bits per heavy atom. The van der Waals surface area contributed by atoms with Crippen LogP contribution in [0.15, 0.2) is 0 Å². The number of amides is 1. The van der Waals surface area contributed by atoms with Crippen molar-refractivity contribution in [3.8, 4) is 0 Å². The fourth-order valence-electron chi connectivity index (χ4n) is 1.02. The Morgan fingerprint density at radius 2 is 1.94 bits per heavy atom. The van der Waals surface area contributed by atoms with E-state index in [1.807, 2.05) is 20.8 Å². The maximum Gasteiger partial charge on any atom is 0.225 e. The second kappa shape index (κ2) is 8.53. The van der Waals surface area contributed by atoms with Crippen LogP contribution in [0.1, 0.15) is 33.6 Å². The van der Waals surface area contributed by atoms with Gasteiger partial charge < -0.3 is 14.8 Å². The van der Waals surface area contributed by atoms with Gasteiger partial charge in [-0.2, -0.15) is 0 Å². The first-order valence-electron chi connectivity index (χ1n) is 5.89. The second-order valence-electron chi connectivity index (χ2n) is 4.45. The highest BCUT2D eigenvalue weighted by Gasteiger charge is 2.24. The number of carbonyl (C=O) groups excluding carboxylic acids is 1. The molecule has 1 N–H and O–H groups in total. The molecule has 0 saturated carbocycles. The molecular weight excluding hydrogens is 206 g/mol. The van der Waals surface area contributed by atoms with Crippen molar-refractivity contribution >= 4 is 5.91 Å². The molecule has 96 valence electrons. The van der Waals surface area contributed by atoms with E-state index in [0.29, 0.717) is 26.4 Å². The summed E-state index contributed by atoms with van der Waals surface area (Å²) >= 11 is 0. The van der Waals surface area contributed by atoms with E-state index in [1.165, 1.54) is 0 Å². The van der Waals surface area contributed by atoms with Crippen LogP contribution in [-0.2, 0) is 14.3 Å². The fraction of sp³-hybridized carbons (Fsp3) is 0.917. The van der Waals surface area contributed by atoms with Gasteiger partial charge in [-0.05, 0) is 12.8 Å². The van der Waals surface area contributed by atoms with Gasteiger partial charge in [0.2, 0.25) is 5.91 Å². The predicted octanol–water partition coefficient (Wildman–Crippen LogP) is 1.59. The smallest absolute Gasteiger partial charge is 0.225 e. The third-order valence-electron chi connectivity index (χ3n) is 2.68. The minimum atomic E-state index is -0.267. The van der Waals surface area contributed by atoms with Crippen molar-refractivity contribution < 1.29 is 14.3 Å². The molecule has 0 aromatic heterocycles. The average molecular weight is 231 g/mol. The van der Waals surface area contributed by atoms with Crippen LogP contribution in [0.25, 0.3) is 0 Å². The summed E-state index contributed by atoms with van der Waals surface area (Å²) in [5.41, 5.74) is -0.267. The van der Waals surface area contributed by atoms with E-state index < -0.39 is 0 Å². The van der Waals surface area contributed by atoms with E-state index >= 15 is 0 Å². The van der Waals surface area contributed by atoms with Crippen molar-refractivity contribution in [2.45, 2.75) is 33.6 Å². The number of nitrogens with one attached hydrogen (secondary N) is 1. The highest BCUT2D eigenvalue weighted by atomic mass is 16.5. The summed E-state index contributed by atoms with van der Waals surface area (Å²) in [6, 6.07) is 0. The molecule has 1 amide bonds. The summed E-state index contributed by atoms with van der Waals surface area (Å²) in [4.78, 5) is 11.7. The normalized spacial score (nSPS) is 11.5. The Hall–Kier alpha value is -0.610. The van der Waals surface area contributed by atoms with Crippen LogP contribution in [0.3, 0.4) is 0 Å². The lowest BCUT2D eigenvalue weighted by Gasteiger charge is -2.21. The molecule has 0 rings (SSSR count). The zero-order chi connectivity index (χ0) is 12.4. The number of hydrogen-bond acceptors (Lipinski definition) is 3. The molecule has 0 fully saturated rings. The van der Waals surface area contributed by atoms with Gasteiger partial charge in [0.05, 0.1) is 13.2 Å². The molecule has 0 spiro atoms. The first-order chi connectivity index (χ1) is 7.54. The van der Waals surface area contributed by atoms with Crippen LogP contribution in [0.5, 0.6) is 0 Å². The zero-order valence-electron chi connectivity index (χ0n) is 11.0. The zero-order valence-corrected chi connectivity index (χ0v) is 11.0. The first kappa shape index (κ1) is 15.4. The van der Waals surface area contributed by atoms with Crippen LogP contribution in [0.2, 0.25) is 0 Å². The number of methoxy groups -OCH3 is 1. The minimum absolute atomic E-state index is 0.117. The van der Waals surface area contributed by atoms with Crippen molar-refractivity contribution in [1.29, 1.82) is 0 Å². The summed E-state index contributed by atoms with van der Waals surface area (Å²) in [5.74, 6) is 0.117. The second-order valence-corrected chi connectivity index (χ2v) is 4.45. The molecule has 16 heavy (non-hydrogen) atoms. The summed E-state index contributed by atoms with van der Waals surface area (Å²) in [6.07, 6.45) is 1.69. The third kappa shape index (κ3) is 6.80. The predicted molar refractivity (Wildman–Crippen MR) is 64.4 cm³/mol. The van der Waals surface area contributed by atoms with Gasteiger partial charge in [0.1, 0.15) is 0 Å². The van der Waals surface area contributed by atoms with E-state index in [2.05, 4.69) is 5.32 Å². The molecule has 0 heterocycles. The van der Waals surface area contributed by atoms with Crippen molar-refractivity contribution in [2.24, 2.45) is 5.41 Å². The van der Waals surface area contributed by atoms with Crippen LogP contribution < -0.4 is 5.32 Å².